The molecular weight excluding hydrogens is 526 g/mol. The highest BCUT2D eigenvalue weighted by Crippen LogP contribution is 2.41. The molecule has 0 spiro atoms. The Kier molecular flexibility index (Phi) is 7.50. The van der Waals surface area contributed by atoms with Crippen molar-refractivity contribution < 1.29 is 9.53 Å². The van der Waals surface area contributed by atoms with Gasteiger partial charge in [0.15, 0.2) is 0 Å². The summed E-state index contributed by atoms with van der Waals surface area (Å²) in [5, 5.41) is 12.0. The van der Waals surface area contributed by atoms with Crippen molar-refractivity contribution in [3.05, 3.63) is 65.9 Å². The summed E-state index contributed by atoms with van der Waals surface area (Å²) in [5.74, 6) is 0.732. The molecular formula is C33H39N7O2. The van der Waals surface area contributed by atoms with Gasteiger partial charge < -0.3 is 24.3 Å². The molecule has 42 heavy (non-hydrogen) atoms. The number of hydrogen-bond acceptors (Lipinski definition) is 8. The molecule has 1 amide bonds. The normalized spacial score (nSPS) is 19.4. The number of rotatable bonds is 8. The summed E-state index contributed by atoms with van der Waals surface area (Å²) < 4.78 is 6.33. The number of anilines is 2. The standard InChI is InChI=1S/C33H39N7O2/c1-5-29(41)40-19-18-39(20-25(40)12-16-34)31-26-13-17-38(28-11-7-10-24-9-6-8-23(2)30(24)28)21-27(26)35-32(36-31)42-22-33(14-15-33)37(3)4/h5-11,25H,1,12-15,17-22H2,2-4H3. The van der Waals surface area contributed by atoms with Gasteiger partial charge in [-0.25, -0.2) is 0 Å². The second-order valence-corrected chi connectivity index (χ2v) is 12.0. The maximum absolute atomic E-state index is 12.5. The molecule has 6 rings (SSSR count). The van der Waals surface area contributed by atoms with Crippen LogP contribution in [0.5, 0.6) is 6.01 Å². The van der Waals surface area contributed by atoms with Crippen molar-refractivity contribution in [1.29, 1.82) is 5.26 Å². The molecule has 218 valence electrons. The third-order valence-corrected chi connectivity index (χ3v) is 9.27. The average Bonchev–Trinajstić information content (AvgIpc) is 3.80. The van der Waals surface area contributed by atoms with Crippen LogP contribution in [0, 0.1) is 18.3 Å². The number of aryl methyl sites for hydroxylation is 1. The van der Waals surface area contributed by atoms with E-state index in [0.717, 1.165) is 42.9 Å². The molecule has 3 aliphatic rings. The Hall–Kier alpha value is -4.16. The van der Waals surface area contributed by atoms with Crippen molar-refractivity contribution in [2.75, 3.05) is 56.7 Å². The number of fused-ring (bicyclic) bond motifs is 2. The van der Waals surface area contributed by atoms with E-state index in [1.54, 1.807) is 4.90 Å². The summed E-state index contributed by atoms with van der Waals surface area (Å²) in [5.41, 5.74) is 4.62. The van der Waals surface area contributed by atoms with Gasteiger partial charge in [-0.15, -0.1) is 0 Å². The smallest absolute Gasteiger partial charge is 0.318 e. The van der Waals surface area contributed by atoms with E-state index in [2.05, 4.69) is 84.8 Å². The molecule has 0 N–H and O–H groups in total. The predicted molar refractivity (Wildman–Crippen MR) is 165 cm³/mol. The zero-order valence-electron chi connectivity index (χ0n) is 24.8. The van der Waals surface area contributed by atoms with Gasteiger partial charge in [0.1, 0.15) is 12.4 Å². The molecule has 0 bridgehead atoms. The van der Waals surface area contributed by atoms with Crippen LogP contribution in [0.15, 0.2) is 49.1 Å². The number of nitriles is 1. The van der Waals surface area contributed by atoms with E-state index in [-0.39, 0.29) is 23.9 Å². The van der Waals surface area contributed by atoms with Crippen molar-refractivity contribution in [2.45, 2.75) is 50.7 Å². The van der Waals surface area contributed by atoms with E-state index in [1.807, 2.05) is 0 Å². The highest BCUT2D eigenvalue weighted by atomic mass is 16.5. The van der Waals surface area contributed by atoms with Crippen LogP contribution < -0.4 is 14.5 Å². The molecule has 3 aromatic rings. The van der Waals surface area contributed by atoms with Crippen LogP contribution in [-0.4, -0.2) is 84.1 Å². The second kappa shape index (κ2) is 11.3. The largest absolute Gasteiger partial charge is 0.461 e. The lowest BCUT2D eigenvalue weighted by Gasteiger charge is -2.42. The van der Waals surface area contributed by atoms with Crippen LogP contribution in [-0.2, 0) is 17.8 Å². The third kappa shape index (κ3) is 5.16. The highest BCUT2D eigenvalue weighted by Gasteiger charge is 2.46. The number of nitrogens with zero attached hydrogens (tertiary/aromatic N) is 7. The minimum Gasteiger partial charge on any atom is -0.461 e. The molecule has 1 saturated carbocycles. The topological polar surface area (TPSA) is 88.8 Å². The number of piperazine rings is 1. The van der Waals surface area contributed by atoms with Crippen LogP contribution in [0.2, 0.25) is 0 Å². The van der Waals surface area contributed by atoms with Crippen molar-refractivity contribution in [3.8, 4) is 12.1 Å². The lowest BCUT2D eigenvalue weighted by Crippen LogP contribution is -2.55. The van der Waals surface area contributed by atoms with Gasteiger partial charge in [-0.3, -0.25) is 4.79 Å². The summed E-state index contributed by atoms with van der Waals surface area (Å²) >= 11 is 0. The number of ether oxygens (including phenoxy) is 1. The lowest BCUT2D eigenvalue weighted by molar-refractivity contribution is -0.128. The molecule has 9 nitrogen and oxygen atoms in total. The van der Waals surface area contributed by atoms with Crippen LogP contribution in [0.1, 0.15) is 36.1 Å². The number of aromatic nitrogens is 2. The van der Waals surface area contributed by atoms with Gasteiger partial charge in [-0.05, 0) is 63.4 Å². The fraction of sp³-hybridized carbons (Fsp3) is 0.455. The van der Waals surface area contributed by atoms with Crippen molar-refractivity contribution in [1.82, 2.24) is 19.8 Å². The molecule has 0 radical (unpaired) electrons. The molecule has 1 unspecified atom stereocenters. The van der Waals surface area contributed by atoms with Crippen LogP contribution in [0.3, 0.4) is 0 Å². The number of benzene rings is 2. The van der Waals surface area contributed by atoms with E-state index < -0.39 is 0 Å². The zero-order valence-corrected chi connectivity index (χ0v) is 24.8. The maximum atomic E-state index is 12.5. The molecule has 2 aliphatic heterocycles. The monoisotopic (exact) mass is 565 g/mol. The average molecular weight is 566 g/mol. The summed E-state index contributed by atoms with van der Waals surface area (Å²) in [6, 6.07) is 15.4. The second-order valence-electron chi connectivity index (χ2n) is 12.0. The first kappa shape index (κ1) is 28.0. The van der Waals surface area contributed by atoms with Gasteiger partial charge in [-0.1, -0.05) is 36.9 Å². The van der Waals surface area contributed by atoms with Crippen molar-refractivity contribution >= 4 is 28.2 Å². The van der Waals surface area contributed by atoms with E-state index in [4.69, 9.17) is 14.7 Å². The summed E-state index contributed by atoms with van der Waals surface area (Å²) in [6.07, 6.45) is 4.58. The summed E-state index contributed by atoms with van der Waals surface area (Å²) in [4.78, 5) is 31.2. The van der Waals surface area contributed by atoms with Gasteiger partial charge in [0.05, 0.1) is 36.3 Å². The SMILES string of the molecule is C=CC(=O)N1CCN(c2nc(OCC3(N(C)C)CC3)nc3c2CCN(c2cccc4cccc(C)c24)C3)CC1CC#N. The minimum atomic E-state index is -0.230. The Balaban J connectivity index is 1.35. The Morgan fingerprint density at radius 1 is 1.17 bits per heavy atom. The van der Waals surface area contributed by atoms with E-state index in [9.17, 15) is 10.1 Å². The molecule has 3 heterocycles. The lowest BCUT2D eigenvalue weighted by atomic mass is 9.99. The maximum Gasteiger partial charge on any atom is 0.318 e. The predicted octanol–water partition coefficient (Wildman–Crippen LogP) is 4.09. The number of carbonyl (C=O) groups is 1. The molecule has 1 saturated heterocycles. The summed E-state index contributed by atoms with van der Waals surface area (Å²) in [7, 11) is 4.19. The molecule has 2 aromatic carbocycles. The highest BCUT2D eigenvalue weighted by molar-refractivity contribution is 5.97. The van der Waals surface area contributed by atoms with Gasteiger partial charge >= 0.3 is 6.01 Å². The minimum absolute atomic E-state index is 0.0422. The van der Waals surface area contributed by atoms with Gasteiger partial charge in [-0.2, -0.15) is 15.2 Å². The van der Waals surface area contributed by atoms with E-state index >= 15 is 0 Å². The Morgan fingerprint density at radius 3 is 2.67 bits per heavy atom. The first-order valence-electron chi connectivity index (χ1n) is 14.8. The van der Waals surface area contributed by atoms with Crippen LogP contribution >= 0.6 is 0 Å². The molecule has 1 aromatic heterocycles. The Labute approximate surface area is 248 Å². The number of likely N-dealkylation sites (N-methyl/N-ethyl adjacent to an activating group) is 1. The fourth-order valence-electron chi connectivity index (χ4n) is 6.49. The third-order valence-electron chi connectivity index (χ3n) is 9.27. The van der Waals surface area contributed by atoms with Gasteiger partial charge in [0.2, 0.25) is 5.91 Å². The number of carbonyl (C=O) groups excluding carboxylic acids is 1. The molecule has 2 fully saturated rings. The van der Waals surface area contributed by atoms with E-state index in [0.29, 0.717) is 38.8 Å². The Morgan fingerprint density at radius 2 is 1.95 bits per heavy atom. The van der Waals surface area contributed by atoms with Crippen LogP contribution in [0.4, 0.5) is 11.5 Å². The van der Waals surface area contributed by atoms with Gasteiger partial charge in [0.25, 0.3) is 0 Å². The molecule has 1 atom stereocenters. The first-order chi connectivity index (χ1) is 20.3. The van der Waals surface area contributed by atoms with Crippen molar-refractivity contribution in [3.63, 3.8) is 0 Å². The van der Waals surface area contributed by atoms with Crippen molar-refractivity contribution in [2.24, 2.45) is 0 Å². The van der Waals surface area contributed by atoms with Gasteiger partial charge in [0, 0.05) is 42.8 Å². The molecule has 9 heteroatoms. The fourth-order valence-corrected chi connectivity index (χ4v) is 6.49. The van der Waals surface area contributed by atoms with E-state index in [1.165, 1.54) is 28.1 Å². The number of hydrogen-bond donors (Lipinski definition) is 0. The molecule has 1 aliphatic carbocycles. The number of amides is 1. The summed E-state index contributed by atoms with van der Waals surface area (Å²) in [6.45, 7) is 9.54. The first-order valence-corrected chi connectivity index (χ1v) is 14.8. The quantitative estimate of drug-likeness (QED) is 0.378. The Bertz CT molecular complexity index is 1550. The van der Waals surface area contributed by atoms with Crippen LogP contribution in [0.25, 0.3) is 10.8 Å². The zero-order chi connectivity index (χ0) is 29.4.